The molecule has 6 rings (SSSR count). The third-order valence-electron chi connectivity index (χ3n) is 11.2. The first-order chi connectivity index (χ1) is 23.8. The first-order valence-electron chi connectivity index (χ1n) is 18.5. The van der Waals surface area contributed by atoms with E-state index >= 15 is 0 Å². The molecule has 10 atom stereocenters. The Kier molecular flexibility index (Phi) is 12.4. The van der Waals surface area contributed by atoms with Crippen LogP contribution in [-0.2, 0) is 51.2 Å². The molecule has 268 valence electrons. The van der Waals surface area contributed by atoms with Gasteiger partial charge in [0.1, 0.15) is 24.6 Å². The molecule has 8 nitrogen and oxygen atoms in total. The van der Waals surface area contributed by atoms with Crippen LogP contribution < -0.4 is 0 Å². The summed E-state index contributed by atoms with van der Waals surface area (Å²) in [4.78, 5) is 11.4. The average molecular weight is 677 g/mol. The molecule has 0 bridgehead atoms. The molecule has 2 aromatic carbocycles. The minimum Gasteiger partial charge on any atom is -0.370 e. The van der Waals surface area contributed by atoms with E-state index in [1.807, 2.05) is 36.4 Å². The van der Waals surface area contributed by atoms with Crippen LogP contribution in [0, 0.1) is 11.8 Å². The van der Waals surface area contributed by atoms with E-state index in [-0.39, 0.29) is 24.2 Å². The lowest BCUT2D eigenvalue weighted by Gasteiger charge is -2.52. The summed E-state index contributed by atoms with van der Waals surface area (Å²) in [5.74, 6) is -0.752. The van der Waals surface area contributed by atoms with E-state index in [4.69, 9.17) is 33.2 Å². The first kappa shape index (κ1) is 36.4. The molecule has 0 amide bonds. The molecular formula is C41H56O8. The molecule has 0 N–H and O–H groups in total. The number of ether oxygens (including phenoxy) is 7. The van der Waals surface area contributed by atoms with Crippen molar-refractivity contribution in [3.05, 3.63) is 83.9 Å². The Morgan fingerprint density at radius 2 is 1.69 bits per heavy atom. The molecule has 8 heteroatoms. The summed E-state index contributed by atoms with van der Waals surface area (Å²) in [5, 5.41) is 0. The second-order valence-electron chi connectivity index (χ2n) is 14.7. The van der Waals surface area contributed by atoms with Gasteiger partial charge >= 0.3 is 0 Å². The number of carbonyl (C=O) groups is 1. The molecule has 0 unspecified atom stereocenters. The summed E-state index contributed by atoms with van der Waals surface area (Å²) < 4.78 is 46.5. The van der Waals surface area contributed by atoms with E-state index in [0.29, 0.717) is 44.8 Å². The highest BCUT2D eigenvalue weighted by Gasteiger charge is 2.53. The predicted octanol–water partition coefficient (Wildman–Crippen LogP) is 7.72. The monoisotopic (exact) mass is 676 g/mol. The lowest BCUT2D eigenvalue weighted by atomic mass is 9.79. The highest BCUT2D eigenvalue weighted by molar-refractivity contribution is 5.49. The largest absolute Gasteiger partial charge is 0.370 e. The van der Waals surface area contributed by atoms with Crippen molar-refractivity contribution in [2.75, 3.05) is 13.7 Å². The van der Waals surface area contributed by atoms with Gasteiger partial charge in [-0.1, -0.05) is 81.1 Å². The van der Waals surface area contributed by atoms with Crippen LogP contribution in [-0.4, -0.2) is 68.2 Å². The maximum atomic E-state index is 11.4. The molecule has 0 aromatic heterocycles. The van der Waals surface area contributed by atoms with Crippen molar-refractivity contribution in [2.45, 2.75) is 139 Å². The molecule has 4 fully saturated rings. The molecular weight excluding hydrogens is 620 g/mol. The van der Waals surface area contributed by atoms with E-state index in [1.54, 1.807) is 7.11 Å². The van der Waals surface area contributed by atoms with Crippen molar-refractivity contribution in [2.24, 2.45) is 11.8 Å². The third kappa shape index (κ3) is 8.73. The fourth-order valence-electron chi connectivity index (χ4n) is 8.35. The number of hydrogen-bond donors (Lipinski definition) is 0. The number of carbonyl (C=O) groups excluding carboxylic acids is 1. The molecule has 4 aliphatic heterocycles. The molecule has 49 heavy (non-hydrogen) atoms. The second-order valence-corrected chi connectivity index (χ2v) is 14.7. The van der Waals surface area contributed by atoms with Gasteiger partial charge in [0, 0.05) is 39.2 Å². The topological polar surface area (TPSA) is 81.7 Å². The Balaban J connectivity index is 1.26. The van der Waals surface area contributed by atoms with Gasteiger partial charge in [0.15, 0.2) is 11.6 Å². The third-order valence-corrected chi connectivity index (χ3v) is 11.2. The van der Waals surface area contributed by atoms with Crippen LogP contribution >= 0.6 is 0 Å². The average Bonchev–Trinajstić information content (AvgIpc) is 3.14. The van der Waals surface area contributed by atoms with Crippen molar-refractivity contribution in [3.8, 4) is 0 Å². The van der Waals surface area contributed by atoms with Gasteiger partial charge in [0.25, 0.3) is 0 Å². The number of hydrogen-bond acceptors (Lipinski definition) is 8. The second kappa shape index (κ2) is 16.7. The summed E-state index contributed by atoms with van der Waals surface area (Å²) >= 11 is 0. The number of fused-ring (bicyclic) bond motifs is 1. The van der Waals surface area contributed by atoms with Crippen LogP contribution in [0.1, 0.15) is 89.2 Å². The molecule has 4 aliphatic rings. The minimum atomic E-state index is -0.879. The van der Waals surface area contributed by atoms with Crippen molar-refractivity contribution in [1.29, 1.82) is 0 Å². The molecule has 0 aliphatic carbocycles. The van der Waals surface area contributed by atoms with Crippen molar-refractivity contribution in [1.82, 2.24) is 0 Å². The van der Waals surface area contributed by atoms with Gasteiger partial charge in [-0.05, 0) is 60.6 Å². The molecule has 4 heterocycles. The van der Waals surface area contributed by atoms with E-state index in [9.17, 15) is 4.79 Å². The van der Waals surface area contributed by atoms with Gasteiger partial charge < -0.3 is 38.0 Å². The fraction of sp³-hybridized carbons (Fsp3) is 0.634. The van der Waals surface area contributed by atoms with Gasteiger partial charge in [-0.15, -0.1) is 0 Å². The Morgan fingerprint density at radius 1 is 0.959 bits per heavy atom. The zero-order chi connectivity index (χ0) is 34.3. The maximum absolute atomic E-state index is 11.4. The van der Waals surface area contributed by atoms with Crippen LogP contribution in [0.5, 0.6) is 0 Å². The molecule has 4 saturated heterocycles. The lowest BCUT2D eigenvalue weighted by Crippen LogP contribution is -2.61. The van der Waals surface area contributed by atoms with Gasteiger partial charge in [0.05, 0.1) is 38.1 Å². The molecule has 1 spiro atoms. The standard InChI is InChI=1S/C41H56O8/c1-29-18-22-41(20-11-12-25-46-41)48-36(29)30(2)26-35(44-27-32-14-7-5-8-15-32)37-31(3)38(45-28-33-16-9-6-10-17-33)39-34(47-37)19-23-40(43-4,49-39)21-13-24-42/h5-10,14-17,24,29-30,34-39H,3,11-13,18-23,25-28H2,1-2,4H3/t29-,30+,34-,35+,36+,37+,38-,39-,40-,41+/m1/s1. The molecule has 2 aromatic rings. The summed E-state index contributed by atoms with van der Waals surface area (Å²) in [5.41, 5.74) is 2.97. The van der Waals surface area contributed by atoms with E-state index in [0.717, 1.165) is 68.1 Å². The quantitative estimate of drug-likeness (QED) is 0.149. The van der Waals surface area contributed by atoms with Crippen LogP contribution in [0.3, 0.4) is 0 Å². The van der Waals surface area contributed by atoms with E-state index in [1.165, 1.54) is 0 Å². The highest BCUT2D eigenvalue weighted by Crippen LogP contribution is 2.45. The first-order valence-corrected chi connectivity index (χ1v) is 18.5. The van der Waals surface area contributed by atoms with Crippen LogP contribution in [0.4, 0.5) is 0 Å². The lowest BCUT2D eigenvalue weighted by molar-refractivity contribution is -0.328. The molecule has 0 saturated carbocycles. The van der Waals surface area contributed by atoms with Gasteiger partial charge in [-0.3, -0.25) is 0 Å². The number of benzene rings is 2. The van der Waals surface area contributed by atoms with Crippen LogP contribution in [0.25, 0.3) is 0 Å². The number of methoxy groups -OCH3 is 1. The normalized spacial score (nSPS) is 34.6. The zero-order valence-electron chi connectivity index (χ0n) is 29.6. The SMILES string of the molecule is C=C1[C@@H](OCc2ccccc2)[C@@H]2O[C@@](CCC=O)(OC)CC[C@H]2O[C@@H]1[C@H](C[C@H](C)[C@H]1O[C@@]2(CCCCO2)CC[C@H]1C)OCc1ccccc1. The summed E-state index contributed by atoms with van der Waals surface area (Å²) in [6.45, 7) is 10.8. The van der Waals surface area contributed by atoms with E-state index in [2.05, 4.69) is 44.7 Å². The van der Waals surface area contributed by atoms with E-state index < -0.39 is 29.9 Å². The Hall–Kier alpha value is -2.43. The van der Waals surface area contributed by atoms with Crippen LogP contribution in [0.15, 0.2) is 72.8 Å². The predicted molar refractivity (Wildman–Crippen MR) is 187 cm³/mol. The zero-order valence-corrected chi connectivity index (χ0v) is 29.6. The van der Waals surface area contributed by atoms with Gasteiger partial charge in [-0.25, -0.2) is 0 Å². The number of rotatable bonds is 14. The van der Waals surface area contributed by atoms with Gasteiger partial charge in [-0.2, -0.15) is 0 Å². The summed E-state index contributed by atoms with van der Waals surface area (Å²) in [6, 6.07) is 20.4. The summed E-state index contributed by atoms with van der Waals surface area (Å²) in [6.07, 6.45) is 7.20. The van der Waals surface area contributed by atoms with Crippen LogP contribution in [0.2, 0.25) is 0 Å². The molecule has 0 radical (unpaired) electrons. The van der Waals surface area contributed by atoms with Crippen molar-refractivity contribution < 1.29 is 38.0 Å². The van der Waals surface area contributed by atoms with Crippen molar-refractivity contribution >= 4 is 6.29 Å². The fourth-order valence-corrected chi connectivity index (χ4v) is 8.35. The minimum absolute atomic E-state index is 0.0440. The van der Waals surface area contributed by atoms with Gasteiger partial charge in [0.2, 0.25) is 0 Å². The maximum Gasteiger partial charge on any atom is 0.169 e. The Morgan fingerprint density at radius 3 is 2.37 bits per heavy atom. The highest BCUT2D eigenvalue weighted by atomic mass is 16.7. The van der Waals surface area contributed by atoms with Crippen molar-refractivity contribution in [3.63, 3.8) is 0 Å². The Bertz CT molecular complexity index is 1330. The smallest absolute Gasteiger partial charge is 0.169 e. The number of aldehydes is 1. The summed E-state index contributed by atoms with van der Waals surface area (Å²) in [7, 11) is 1.65. The Labute approximate surface area is 292 Å².